The Morgan fingerprint density at radius 3 is 2.79 bits per heavy atom. The summed E-state index contributed by atoms with van der Waals surface area (Å²) in [6.07, 6.45) is 7.58. The third kappa shape index (κ3) is 3.75. The molecule has 2 aliphatic rings. The molecule has 1 saturated heterocycles. The quantitative estimate of drug-likeness (QED) is 0.861. The van der Waals surface area contributed by atoms with Crippen LogP contribution in [0.15, 0.2) is 30.3 Å². The van der Waals surface area contributed by atoms with Crippen LogP contribution in [0.3, 0.4) is 0 Å². The van der Waals surface area contributed by atoms with E-state index in [4.69, 9.17) is 0 Å². The van der Waals surface area contributed by atoms with Crippen LogP contribution in [0.1, 0.15) is 63.5 Å². The van der Waals surface area contributed by atoms with Gasteiger partial charge in [-0.15, -0.1) is 0 Å². The molecule has 132 valence electrons. The fourth-order valence-electron chi connectivity index (χ4n) is 4.59. The van der Waals surface area contributed by atoms with Crippen LogP contribution in [0.4, 0.5) is 4.79 Å². The predicted molar refractivity (Wildman–Crippen MR) is 95.7 cm³/mol. The van der Waals surface area contributed by atoms with Crippen LogP contribution in [0.25, 0.3) is 0 Å². The van der Waals surface area contributed by atoms with Gasteiger partial charge in [0.05, 0.1) is 6.04 Å². The van der Waals surface area contributed by atoms with Crippen LogP contribution in [-0.2, 0) is 0 Å². The first-order valence-corrected chi connectivity index (χ1v) is 9.45. The number of nitrogens with zero attached hydrogens (tertiary/aromatic N) is 1. The van der Waals surface area contributed by atoms with E-state index >= 15 is 0 Å². The molecule has 1 heterocycles. The fourth-order valence-corrected chi connectivity index (χ4v) is 4.59. The van der Waals surface area contributed by atoms with Crippen LogP contribution in [0, 0.1) is 5.92 Å². The smallest absolute Gasteiger partial charge is 0.318 e. The number of hydrogen-bond donors (Lipinski definition) is 2. The molecule has 24 heavy (non-hydrogen) atoms. The summed E-state index contributed by atoms with van der Waals surface area (Å²) in [6, 6.07) is 10.9. The number of rotatable bonds is 5. The van der Waals surface area contributed by atoms with Gasteiger partial charge in [-0.3, -0.25) is 0 Å². The van der Waals surface area contributed by atoms with Crippen molar-refractivity contribution in [2.45, 2.75) is 70.0 Å². The Morgan fingerprint density at radius 1 is 1.29 bits per heavy atom. The first kappa shape index (κ1) is 17.3. The summed E-state index contributed by atoms with van der Waals surface area (Å²) in [5.74, 6) is 0.687. The summed E-state index contributed by atoms with van der Waals surface area (Å²) < 4.78 is 0. The molecule has 0 aromatic heterocycles. The standard InChI is InChI=1S/C20H30N2O2/c1-15-14-17-10-5-6-12-19(17)22(15)20(24)21-18(11-7-13-23)16-8-3-2-4-9-16/h2-4,8-9,15,17-19,23H,5-7,10-14H2,1H3,(H,21,24)/t15-,17+,18+,19+/m1/s1. The first-order chi connectivity index (χ1) is 11.7. The first-order valence-electron chi connectivity index (χ1n) is 9.45. The van der Waals surface area contributed by atoms with Crippen LogP contribution in [0.2, 0.25) is 0 Å². The van der Waals surface area contributed by atoms with Gasteiger partial charge in [0.25, 0.3) is 0 Å². The monoisotopic (exact) mass is 330 g/mol. The van der Waals surface area contributed by atoms with Crippen molar-refractivity contribution in [2.24, 2.45) is 5.92 Å². The summed E-state index contributed by atoms with van der Waals surface area (Å²) >= 11 is 0. The Balaban J connectivity index is 1.70. The highest BCUT2D eigenvalue weighted by Crippen LogP contribution is 2.39. The van der Waals surface area contributed by atoms with Crippen LogP contribution < -0.4 is 5.32 Å². The van der Waals surface area contributed by atoms with E-state index in [2.05, 4.69) is 29.3 Å². The number of urea groups is 1. The second-order valence-corrected chi connectivity index (χ2v) is 7.38. The minimum atomic E-state index is -0.0271. The molecule has 4 nitrogen and oxygen atoms in total. The van der Waals surface area contributed by atoms with Crippen molar-refractivity contribution in [3.8, 4) is 0 Å². The van der Waals surface area contributed by atoms with E-state index in [0.717, 1.165) is 24.8 Å². The average Bonchev–Trinajstić information content (AvgIpc) is 2.95. The third-order valence-corrected chi connectivity index (χ3v) is 5.73. The molecular formula is C20H30N2O2. The minimum absolute atomic E-state index is 0.0271. The van der Waals surface area contributed by atoms with Gasteiger partial charge in [-0.05, 0) is 50.5 Å². The number of nitrogens with one attached hydrogen (secondary N) is 1. The fraction of sp³-hybridized carbons (Fsp3) is 0.650. The molecule has 2 amide bonds. The number of aliphatic hydroxyl groups is 1. The molecule has 2 N–H and O–H groups in total. The maximum atomic E-state index is 13.0. The van der Waals surface area contributed by atoms with E-state index in [1.165, 1.54) is 19.3 Å². The van der Waals surface area contributed by atoms with Gasteiger partial charge in [0, 0.05) is 18.7 Å². The molecule has 1 aliphatic carbocycles. The molecule has 2 fully saturated rings. The van der Waals surface area contributed by atoms with Crippen molar-refractivity contribution >= 4 is 6.03 Å². The van der Waals surface area contributed by atoms with Gasteiger partial charge >= 0.3 is 6.03 Å². The highest BCUT2D eigenvalue weighted by atomic mass is 16.3. The molecule has 1 saturated carbocycles. The van der Waals surface area contributed by atoms with E-state index < -0.39 is 0 Å². The van der Waals surface area contributed by atoms with E-state index in [0.29, 0.717) is 24.4 Å². The number of amides is 2. The zero-order valence-corrected chi connectivity index (χ0v) is 14.7. The summed E-state index contributed by atoms with van der Waals surface area (Å²) in [5.41, 5.74) is 1.12. The number of aliphatic hydroxyl groups excluding tert-OH is 1. The Bertz CT molecular complexity index is 534. The molecule has 1 aliphatic heterocycles. The number of benzene rings is 1. The molecule has 0 unspecified atom stereocenters. The van der Waals surface area contributed by atoms with Crippen molar-refractivity contribution in [1.82, 2.24) is 10.2 Å². The van der Waals surface area contributed by atoms with Gasteiger partial charge in [0.1, 0.15) is 0 Å². The molecule has 4 heteroatoms. The molecular weight excluding hydrogens is 300 g/mol. The van der Waals surface area contributed by atoms with Crippen molar-refractivity contribution < 1.29 is 9.90 Å². The van der Waals surface area contributed by atoms with Crippen molar-refractivity contribution in [1.29, 1.82) is 0 Å². The minimum Gasteiger partial charge on any atom is -0.396 e. The van der Waals surface area contributed by atoms with E-state index in [1.807, 2.05) is 18.2 Å². The lowest BCUT2D eigenvalue weighted by atomic mass is 9.85. The van der Waals surface area contributed by atoms with E-state index in [-0.39, 0.29) is 18.7 Å². The Hall–Kier alpha value is -1.55. The summed E-state index contributed by atoms with van der Waals surface area (Å²) in [5, 5.41) is 12.4. The van der Waals surface area contributed by atoms with Crippen LogP contribution in [0.5, 0.6) is 0 Å². The lowest BCUT2D eigenvalue weighted by Crippen LogP contribution is -2.48. The van der Waals surface area contributed by atoms with Crippen molar-refractivity contribution in [2.75, 3.05) is 6.61 Å². The normalized spacial score (nSPS) is 27.6. The largest absolute Gasteiger partial charge is 0.396 e. The van der Waals surface area contributed by atoms with Crippen molar-refractivity contribution in [3.63, 3.8) is 0 Å². The number of carbonyl (C=O) groups excluding carboxylic acids is 1. The van der Waals surface area contributed by atoms with Crippen LogP contribution >= 0.6 is 0 Å². The lowest BCUT2D eigenvalue weighted by Gasteiger charge is -2.34. The number of hydrogen-bond acceptors (Lipinski definition) is 2. The summed E-state index contributed by atoms with van der Waals surface area (Å²) in [4.78, 5) is 15.1. The molecule has 3 rings (SSSR count). The van der Waals surface area contributed by atoms with Gasteiger partial charge < -0.3 is 15.3 Å². The molecule has 0 spiro atoms. The van der Waals surface area contributed by atoms with Gasteiger partial charge in [0.2, 0.25) is 0 Å². The second kappa shape index (κ2) is 8.02. The lowest BCUT2D eigenvalue weighted by molar-refractivity contribution is 0.151. The summed E-state index contributed by atoms with van der Waals surface area (Å²) in [7, 11) is 0. The molecule has 0 radical (unpaired) electrons. The second-order valence-electron chi connectivity index (χ2n) is 7.38. The SMILES string of the molecule is C[C@@H]1C[C@@H]2CCCC[C@@H]2N1C(=O)N[C@@H](CCCO)c1ccccc1. The number of fused-ring (bicyclic) bond motifs is 1. The van der Waals surface area contributed by atoms with Gasteiger partial charge in [-0.1, -0.05) is 43.2 Å². The molecule has 1 aromatic carbocycles. The number of likely N-dealkylation sites (tertiary alicyclic amines) is 1. The topological polar surface area (TPSA) is 52.6 Å². The Morgan fingerprint density at radius 2 is 2.04 bits per heavy atom. The zero-order valence-electron chi connectivity index (χ0n) is 14.7. The molecule has 1 aromatic rings. The maximum Gasteiger partial charge on any atom is 0.318 e. The zero-order chi connectivity index (χ0) is 16.9. The van der Waals surface area contributed by atoms with Crippen molar-refractivity contribution in [3.05, 3.63) is 35.9 Å². The Labute approximate surface area is 145 Å². The van der Waals surface area contributed by atoms with E-state index in [9.17, 15) is 9.90 Å². The molecule has 0 bridgehead atoms. The third-order valence-electron chi connectivity index (χ3n) is 5.73. The van der Waals surface area contributed by atoms with Crippen LogP contribution in [-0.4, -0.2) is 34.7 Å². The van der Waals surface area contributed by atoms with E-state index in [1.54, 1.807) is 0 Å². The number of carbonyl (C=O) groups is 1. The molecule has 4 atom stereocenters. The van der Waals surface area contributed by atoms with Gasteiger partial charge in [-0.2, -0.15) is 0 Å². The maximum absolute atomic E-state index is 13.0. The highest BCUT2D eigenvalue weighted by molar-refractivity contribution is 5.76. The highest BCUT2D eigenvalue weighted by Gasteiger charge is 2.42. The average molecular weight is 330 g/mol. The van der Waals surface area contributed by atoms with Gasteiger partial charge in [0.15, 0.2) is 0 Å². The summed E-state index contributed by atoms with van der Waals surface area (Å²) in [6.45, 7) is 2.34. The van der Waals surface area contributed by atoms with Gasteiger partial charge in [-0.25, -0.2) is 4.79 Å². The predicted octanol–water partition coefficient (Wildman–Crippen LogP) is 3.86. The Kier molecular flexibility index (Phi) is 5.77.